The molecule has 0 atom stereocenters. The lowest BCUT2D eigenvalue weighted by molar-refractivity contribution is 0.296. The van der Waals surface area contributed by atoms with Gasteiger partial charge in [0, 0.05) is 31.9 Å². The van der Waals surface area contributed by atoms with E-state index in [1.807, 2.05) is 18.3 Å². The summed E-state index contributed by atoms with van der Waals surface area (Å²) in [7, 11) is 0. The van der Waals surface area contributed by atoms with Crippen molar-refractivity contribution in [2.45, 2.75) is 19.5 Å². The van der Waals surface area contributed by atoms with Crippen molar-refractivity contribution in [1.29, 1.82) is 0 Å². The molecule has 0 unspecified atom stereocenters. The first kappa shape index (κ1) is 14.4. The monoisotopic (exact) mass is 348 g/mol. The van der Waals surface area contributed by atoms with Gasteiger partial charge in [0.2, 0.25) is 0 Å². The van der Waals surface area contributed by atoms with E-state index in [4.69, 9.17) is 9.47 Å². The fourth-order valence-electron chi connectivity index (χ4n) is 2.24. The first-order chi connectivity index (χ1) is 10.3. The molecule has 0 radical (unpaired) electrons. The maximum Gasteiger partial charge on any atom is 0.175 e. The Morgan fingerprint density at radius 1 is 1.14 bits per heavy atom. The quantitative estimate of drug-likeness (QED) is 0.920. The van der Waals surface area contributed by atoms with E-state index in [2.05, 4.69) is 38.4 Å². The summed E-state index contributed by atoms with van der Waals surface area (Å²) in [6.07, 6.45) is 4.57. The number of ether oxygens (including phenoxy) is 2. The summed E-state index contributed by atoms with van der Waals surface area (Å²) in [5, 5.41) is 3.41. The Bertz CT molecular complexity index is 605. The van der Waals surface area contributed by atoms with Gasteiger partial charge in [-0.3, -0.25) is 4.98 Å². The van der Waals surface area contributed by atoms with E-state index in [0.717, 1.165) is 41.0 Å². The smallest absolute Gasteiger partial charge is 0.175 e. The molecule has 1 aromatic heterocycles. The van der Waals surface area contributed by atoms with Gasteiger partial charge < -0.3 is 14.8 Å². The van der Waals surface area contributed by atoms with Crippen molar-refractivity contribution in [3.05, 3.63) is 52.3 Å². The van der Waals surface area contributed by atoms with Crippen LogP contribution in [-0.4, -0.2) is 18.2 Å². The van der Waals surface area contributed by atoms with E-state index >= 15 is 0 Å². The van der Waals surface area contributed by atoms with E-state index in [1.54, 1.807) is 6.20 Å². The van der Waals surface area contributed by atoms with Crippen molar-refractivity contribution < 1.29 is 9.47 Å². The number of hydrogen-bond donors (Lipinski definition) is 1. The minimum absolute atomic E-state index is 0.699. The molecular weight excluding hydrogens is 332 g/mol. The molecule has 0 fully saturated rings. The molecule has 0 bridgehead atoms. The molecule has 110 valence electrons. The molecule has 0 amide bonds. The summed E-state index contributed by atoms with van der Waals surface area (Å²) in [6.45, 7) is 2.96. The molecular formula is C16H17BrN2O2. The number of nitrogens with one attached hydrogen (secondary N) is 1. The molecule has 21 heavy (non-hydrogen) atoms. The summed E-state index contributed by atoms with van der Waals surface area (Å²) in [6, 6.07) is 8.12. The zero-order chi connectivity index (χ0) is 14.5. The highest BCUT2D eigenvalue weighted by Crippen LogP contribution is 2.38. The van der Waals surface area contributed by atoms with Crippen molar-refractivity contribution >= 4 is 15.9 Å². The van der Waals surface area contributed by atoms with Crippen LogP contribution in [0.3, 0.4) is 0 Å². The lowest BCUT2D eigenvalue weighted by atomic mass is 10.2. The van der Waals surface area contributed by atoms with Crippen molar-refractivity contribution in [3.63, 3.8) is 0 Å². The molecule has 4 nitrogen and oxygen atoms in total. The van der Waals surface area contributed by atoms with Crippen LogP contribution in [0.1, 0.15) is 17.5 Å². The average molecular weight is 349 g/mol. The largest absolute Gasteiger partial charge is 0.490 e. The summed E-state index contributed by atoms with van der Waals surface area (Å²) >= 11 is 3.56. The molecule has 1 aliphatic rings. The SMILES string of the molecule is Brc1cc(CNCc2cccnc2)cc2c1OCCCO2. The van der Waals surface area contributed by atoms with Gasteiger partial charge in [-0.05, 0) is 45.3 Å². The van der Waals surface area contributed by atoms with E-state index in [9.17, 15) is 0 Å². The molecule has 2 aromatic rings. The maximum atomic E-state index is 5.74. The molecule has 1 aliphatic heterocycles. The summed E-state index contributed by atoms with van der Waals surface area (Å²) in [5.41, 5.74) is 2.33. The first-order valence-electron chi connectivity index (χ1n) is 7.00. The summed E-state index contributed by atoms with van der Waals surface area (Å²) in [5.74, 6) is 1.63. The van der Waals surface area contributed by atoms with Crippen LogP contribution in [-0.2, 0) is 13.1 Å². The second-order valence-corrected chi connectivity index (χ2v) is 5.77. The maximum absolute atomic E-state index is 5.74. The standard InChI is InChI=1S/C16H17BrN2O2/c17-14-7-13(8-15-16(14)21-6-2-5-20-15)11-19-10-12-3-1-4-18-9-12/h1,3-4,7-9,19H,2,5-6,10-11H2. The fourth-order valence-corrected chi connectivity index (χ4v) is 2.84. The van der Waals surface area contributed by atoms with Crippen molar-refractivity contribution in [1.82, 2.24) is 10.3 Å². The van der Waals surface area contributed by atoms with Gasteiger partial charge in [-0.15, -0.1) is 0 Å². The highest BCUT2D eigenvalue weighted by molar-refractivity contribution is 9.10. The van der Waals surface area contributed by atoms with Crippen LogP contribution in [0.15, 0.2) is 41.1 Å². The number of rotatable bonds is 4. The van der Waals surface area contributed by atoms with Gasteiger partial charge >= 0.3 is 0 Å². The van der Waals surface area contributed by atoms with E-state index in [-0.39, 0.29) is 0 Å². The average Bonchev–Trinajstić information content (AvgIpc) is 2.74. The van der Waals surface area contributed by atoms with Crippen LogP contribution in [0.2, 0.25) is 0 Å². The highest BCUT2D eigenvalue weighted by atomic mass is 79.9. The van der Waals surface area contributed by atoms with Crippen LogP contribution < -0.4 is 14.8 Å². The third kappa shape index (κ3) is 3.74. The Morgan fingerprint density at radius 3 is 2.86 bits per heavy atom. The third-order valence-electron chi connectivity index (χ3n) is 3.24. The molecule has 3 rings (SSSR count). The van der Waals surface area contributed by atoms with Gasteiger partial charge in [0.15, 0.2) is 11.5 Å². The van der Waals surface area contributed by atoms with Gasteiger partial charge in [-0.25, -0.2) is 0 Å². The lowest BCUT2D eigenvalue weighted by Gasteiger charge is -2.12. The Labute approximate surface area is 132 Å². The van der Waals surface area contributed by atoms with Crippen molar-refractivity contribution in [2.24, 2.45) is 0 Å². The summed E-state index contributed by atoms with van der Waals surface area (Å²) < 4.78 is 12.4. The Kier molecular flexibility index (Phi) is 4.72. The van der Waals surface area contributed by atoms with Crippen molar-refractivity contribution in [3.8, 4) is 11.5 Å². The van der Waals surface area contributed by atoms with Gasteiger partial charge in [0.05, 0.1) is 17.7 Å². The number of nitrogens with zero attached hydrogens (tertiary/aromatic N) is 1. The Morgan fingerprint density at radius 2 is 2.00 bits per heavy atom. The van der Waals surface area contributed by atoms with Crippen LogP contribution in [0.25, 0.3) is 0 Å². The molecule has 2 heterocycles. The summed E-state index contributed by atoms with van der Waals surface area (Å²) in [4.78, 5) is 4.11. The third-order valence-corrected chi connectivity index (χ3v) is 3.83. The number of aromatic nitrogens is 1. The van der Waals surface area contributed by atoms with Gasteiger partial charge in [0.1, 0.15) is 0 Å². The Hall–Kier alpha value is -1.59. The number of benzene rings is 1. The topological polar surface area (TPSA) is 43.4 Å². The molecule has 5 heteroatoms. The second kappa shape index (κ2) is 6.91. The number of hydrogen-bond acceptors (Lipinski definition) is 4. The number of halogens is 1. The molecule has 0 spiro atoms. The fraction of sp³-hybridized carbons (Fsp3) is 0.312. The van der Waals surface area contributed by atoms with Crippen LogP contribution in [0, 0.1) is 0 Å². The van der Waals surface area contributed by atoms with Crippen LogP contribution in [0.4, 0.5) is 0 Å². The predicted octanol–water partition coefficient (Wildman–Crippen LogP) is 3.30. The molecule has 0 saturated carbocycles. The normalized spacial score (nSPS) is 13.8. The van der Waals surface area contributed by atoms with Crippen LogP contribution in [0.5, 0.6) is 11.5 Å². The number of fused-ring (bicyclic) bond motifs is 1. The predicted molar refractivity (Wildman–Crippen MR) is 84.5 cm³/mol. The van der Waals surface area contributed by atoms with Crippen molar-refractivity contribution in [2.75, 3.05) is 13.2 Å². The Balaban J connectivity index is 1.66. The minimum Gasteiger partial charge on any atom is -0.490 e. The van der Waals surface area contributed by atoms with E-state index < -0.39 is 0 Å². The second-order valence-electron chi connectivity index (χ2n) is 4.92. The zero-order valence-corrected chi connectivity index (χ0v) is 13.2. The van der Waals surface area contributed by atoms with Gasteiger partial charge in [-0.1, -0.05) is 6.07 Å². The molecule has 1 aromatic carbocycles. The van der Waals surface area contributed by atoms with E-state index in [0.29, 0.717) is 13.2 Å². The van der Waals surface area contributed by atoms with Crippen LogP contribution >= 0.6 is 15.9 Å². The highest BCUT2D eigenvalue weighted by Gasteiger charge is 2.15. The zero-order valence-electron chi connectivity index (χ0n) is 11.6. The van der Waals surface area contributed by atoms with E-state index in [1.165, 1.54) is 5.56 Å². The molecule has 1 N–H and O–H groups in total. The minimum atomic E-state index is 0.699. The van der Waals surface area contributed by atoms with Gasteiger partial charge in [-0.2, -0.15) is 0 Å². The lowest BCUT2D eigenvalue weighted by Crippen LogP contribution is -2.13. The molecule has 0 saturated heterocycles. The molecule has 0 aliphatic carbocycles. The number of pyridine rings is 1. The van der Waals surface area contributed by atoms with Gasteiger partial charge in [0.25, 0.3) is 0 Å². The first-order valence-corrected chi connectivity index (χ1v) is 7.80.